The molecule has 0 saturated carbocycles. The Balaban J connectivity index is 1.26. The standard InChI is InChI=1S/C24H37N9O2/c1-17(34)33-11-6-20-19(15-33)24(25-2)31-23(30-20)18-4-9-32(10-5-18)12-7-26-21-14-22(29-16-28-21)27-8-13-35-3/h14,16,18H,4-13,15H2,1-3H3,(H,25,30,31)(H2,26,27,28,29). The van der Waals surface area contributed by atoms with Crippen molar-refractivity contribution in [2.45, 2.75) is 38.6 Å². The van der Waals surface area contributed by atoms with E-state index in [0.29, 0.717) is 25.6 Å². The maximum atomic E-state index is 11.8. The normalized spacial score (nSPS) is 16.6. The van der Waals surface area contributed by atoms with Gasteiger partial charge in [-0.05, 0) is 25.9 Å². The minimum absolute atomic E-state index is 0.0996. The summed E-state index contributed by atoms with van der Waals surface area (Å²) in [6.45, 7) is 8.10. The number of ether oxygens (including phenoxy) is 1. The lowest BCUT2D eigenvalue weighted by Crippen LogP contribution is -2.37. The van der Waals surface area contributed by atoms with Gasteiger partial charge in [-0.2, -0.15) is 0 Å². The first-order valence-corrected chi connectivity index (χ1v) is 12.4. The van der Waals surface area contributed by atoms with Gasteiger partial charge in [0.25, 0.3) is 0 Å². The Labute approximate surface area is 207 Å². The van der Waals surface area contributed by atoms with Crippen LogP contribution in [0.5, 0.6) is 0 Å². The van der Waals surface area contributed by atoms with Crippen molar-refractivity contribution in [1.29, 1.82) is 0 Å². The zero-order valence-corrected chi connectivity index (χ0v) is 21.0. The number of nitrogens with zero attached hydrogens (tertiary/aromatic N) is 6. The molecule has 1 fully saturated rings. The van der Waals surface area contributed by atoms with Crippen LogP contribution in [0.2, 0.25) is 0 Å². The van der Waals surface area contributed by atoms with E-state index < -0.39 is 0 Å². The number of anilines is 3. The van der Waals surface area contributed by atoms with Crippen molar-refractivity contribution in [2.75, 3.05) is 76.0 Å². The SMILES string of the molecule is CNc1nc(C2CCN(CCNc3cc(NCCOC)ncn3)CC2)nc2c1CN(C(C)=O)CC2. The van der Waals surface area contributed by atoms with Crippen LogP contribution in [-0.4, -0.2) is 95.7 Å². The Morgan fingerprint density at radius 3 is 2.54 bits per heavy atom. The highest BCUT2D eigenvalue weighted by Crippen LogP contribution is 2.30. The summed E-state index contributed by atoms with van der Waals surface area (Å²) in [4.78, 5) is 34.5. The van der Waals surface area contributed by atoms with Gasteiger partial charge in [0.2, 0.25) is 5.91 Å². The Kier molecular flexibility index (Phi) is 8.64. The molecule has 0 unspecified atom stereocenters. The third-order valence-corrected chi connectivity index (χ3v) is 6.73. The molecule has 4 rings (SSSR count). The number of rotatable bonds is 10. The summed E-state index contributed by atoms with van der Waals surface area (Å²) in [5.41, 5.74) is 2.15. The summed E-state index contributed by atoms with van der Waals surface area (Å²) in [6, 6.07) is 1.92. The largest absolute Gasteiger partial charge is 0.383 e. The monoisotopic (exact) mass is 483 g/mol. The van der Waals surface area contributed by atoms with Crippen molar-refractivity contribution in [3.05, 3.63) is 29.5 Å². The summed E-state index contributed by atoms with van der Waals surface area (Å²) in [5.74, 6) is 3.88. The first-order valence-electron chi connectivity index (χ1n) is 12.4. The van der Waals surface area contributed by atoms with Gasteiger partial charge in [0, 0.05) is 71.2 Å². The molecule has 0 aromatic carbocycles. The van der Waals surface area contributed by atoms with E-state index in [1.54, 1.807) is 20.4 Å². The van der Waals surface area contributed by atoms with Crippen molar-refractivity contribution < 1.29 is 9.53 Å². The number of nitrogens with one attached hydrogen (secondary N) is 3. The number of hydrogen-bond donors (Lipinski definition) is 3. The molecule has 0 atom stereocenters. The molecule has 3 N–H and O–H groups in total. The zero-order chi connectivity index (χ0) is 24.6. The molecule has 190 valence electrons. The average Bonchev–Trinajstić information content (AvgIpc) is 2.88. The van der Waals surface area contributed by atoms with Crippen molar-refractivity contribution >= 4 is 23.4 Å². The van der Waals surface area contributed by atoms with Crippen molar-refractivity contribution in [1.82, 2.24) is 29.7 Å². The molecule has 0 radical (unpaired) electrons. The van der Waals surface area contributed by atoms with E-state index >= 15 is 0 Å². The van der Waals surface area contributed by atoms with Gasteiger partial charge in [-0.25, -0.2) is 19.9 Å². The minimum Gasteiger partial charge on any atom is -0.383 e. The average molecular weight is 484 g/mol. The van der Waals surface area contributed by atoms with Crippen LogP contribution in [-0.2, 0) is 22.5 Å². The molecule has 0 aliphatic carbocycles. The van der Waals surface area contributed by atoms with E-state index in [4.69, 9.17) is 14.7 Å². The summed E-state index contributed by atoms with van der Waals surface area (Å²) < 4.78 is 5.06. The predicted octanol–water partition coefficient (Wildman–Crippen LogP) is 1.56. The van der Waals surface area contributed by atoms with Crippen LogP contribution in [0.1, 0.15) is 42.8 Å². The highest BCUT2D eigenvalue weighted by atomic mass is 16.5. The van der Waals surface area contributed by atoms with Crippen LogP contribution in [0.3, 0.4) is 0 Å². The van der Waals surface area contributed by atoms with E-state index in [0.717, 1.165) is 86.5 Å². The van der Waals surface area contributed by atoms with E-state index in [1.807, 2.05) is 18.0 Å². The highest BCUT2D eigenvalue weighted by molar-refractivity contribution is 5.74. The Morgan fingerprint density at radius 1 is 1.11 bits per heavy atom. The summed E-state index contributed by atoms with van der Waals surface area (Å²) in [7, 11) is 3.58. The summed E-state index contributed by atoms with van der Waals surface area (Å²) in [6.07, 6.45) is 4.44. The smallest absolute Gasteiger partial charge is 0.219 e. The molecule has 1 saturated heterocycles. The number of amides is 1. The molecule has 0 spiro atoms. The molecule has 2 aliphatic rings. The molecular formula is C24H37N9O2. The molecule has 2 aliphatic heterocycles. The third-order valence-electron chi connectivity index (χ3n) is 6.73. The fraction of sp³-hybridized carbons (Fsp3) is 0.625. The van der Waals surface area contributed by atoms with Crippen LogP contribution >= 0.6 is 0 Å². The molecule has 4 heterocycles. The maximum Gasteiger partial charge on any atom is 0.219 e. The number of carbonyl (C=O) groups is 1. The maximum absolute atomic E-state index is 11.8. The van der Waals surface area contributed by atoms with Crippen molar-refractivity contribution in [3.63, 3.8) is 0 Å². The fourth-order valence-corrected chi connectivity index (χ4v) is 4.68. The van der Waals surface area contributed by atoms with Gasteiger partial charge < -0.3 is 30.5 Å². The van der Waals surface area contributed by atoms with E-state index in [-0.39, 0.29) is 5.91 Å². The number of carbonyl (C=O) groups excluding carboxylic acids is 1. The molecule has 0 bridgehead atoms. The Bertz CT molecular complexity index is 978. The second-order valence-electron chi connectivity index (χ2n) is 9.05. The van der Waals surface area contributed by atoms with Crippen LogP contribution in [0, 0.1) is 0 Å². The summed E-state index contributed by atoms with van der Waals surface area (Å²) >= 11 is 0. The first kappa shape index (κ1) is 25.1. The van der Waals surface area contributed by atoms with Crippen LogP contribution in [0.15, 0.2) is 12.4 Å². The molecular weight excluding hydrogens is 446 g/mol. The number of aromatic nitrogens is 4. The van der Waals surface area contributed by atoms with Crippen LogP contribution in [0.4, 0.5) is 17.5 Å². The van der Waals surface area contributed by atoms with E-state index in [1.165, 1.54) is 0 Å². The van der Waals surface area contributed by atoms with Gasteiger partial charge in [-0.3, -0.25) is 4.79 Å². The Morgan fingerprint density at radius 2 is 1.86 bits per heavy atom. The van der Waals surface area contributed by atoms with Gasteiger partial charge in [0.1, 0.15) is 29.6 Å². The second kappa shape index (κ2) is 12.1. The van der Waals surface area contributed by atoms with Crippen molar-refractivity contribution in [3.8, 4) is 0 Å². The van der Waals surface area contributed by atoms with Gasteiger partial charge in [0.15, 0.2) is 0 Å². The van der Waals surface area contributed by atoms with Gasteiger partial charge >= 0.3 is 0 Å². The van der Waals surface area contributed by atoms with E-state index in [2.05, 4.69) is 30.8 Å². The molecule has 11 heteroatoms. The fourth-order valence-electron chi connectivity index (χ4n) is 4.68. The lowest BCUT2D eigenvalue weighted by atomic mass is 9.95. The molecule has 11 nitrogen and oxygen atoms in total. The van der Waals surface area contributed by atoms with Crippen molar-refractivity contribution in [2.24, 2.45) is 0 Å². The molecule has 35 heavy (non-hydrogen) atoms. The number of piperidine rings is 1. The quantitative estimate of drug-likeness (QED) is 0.429. The van der Waals surface area contributed by atoms with Crippen LogP contribution < -0.4 is 16.0 Å². The van der Waals surface area contributed by atoms with E-state index in [9.17, 15) is 4.79 Å². The van der Waals surface area contributed by atoms with Gasteiger partial charge in [-0.15, -0.1) is 0 Å². The lowest BCUT2D eigenvalue weighted by Gasteiger charge is -2.33. The lowest BCUT2D eigenvalue weighted by molar-refractivity contribution is -0.129. The zero-order valence-electron chi connectivity index (χ0n) is 21.0. The predicted molar refractivity (Wildman–Crippen MR) is 136 cm³/mol. The summed E-state index contributed by atoms with van der Waals surface area (Å²) in [5, 5.41) is 9.86. The topological polar surface area (TPSA) is 120 Å². The van der Waals surface area contributed by atoms with Gasteiger partial charge in [0.05, 0.1) is 18.8 Å². The second-order valence-corrected chi connectivity index (χ2v) is 9.05. The number of hydrogen-bond acceptors (Lipinski definition) is 10. The highest BCUT2D eigenvalue weighted by Gasteiger charge is 2.27. The first-order chi connectivity index (χ1) is 17.1. The molecule has 2 aromatic rings. The number of fused-ring (bicyclic) bond motifs is 1. The van der Waals surface area contributed by atoms with Gasteiger partial charge in [-0.1, -0.05) is 0 Å². The van der Waals surface area contributed by atoms with Crippen LogP contribution in [0.25, 0.3) is 0 Å². The number of likely N-dealkylation sites (tertiary alicyclic amines) is 1. The molecule has 1 amide bonds. The Hall–Kier alpha value is -3.05. The third kappa shape index (κ3) is 6.55. The minimum atomic E-state index is 0.0996. The number of methoxy groups -OCH3 is 1. The molecule has 2 aromatic heterocycles.